The maximum absolute atomic E-state index is 11.2. The predicted molar refractivity (Wildman–Crippen MR) is 56.0 cm³/mol. The summed E-state index contributed by atoms with van der Waals surface area (Å²) in [7, 11) is 0. The Morgan fingerprint density at radius 3 is 3.00 bits per heavy atom. The van der Waals surface area contributed by atoms with Gasteiger partial charge in [0, 0.05) is 25.0 Å². The Hall–Kier alpha value is -1.16. The molecule has 1 unspecified atom stereocenters. The lowest BCUT2D eigenvalue weighted by Crippen LogP contribution is -2.21. The summed E-state index contributed by atoms with van der Waals surface area (Å²) in [5.74, 6) is 0. The molecule has 0 aliphatic rings. The van der Waals surface area contributed by atoms with E-state index in [1.807, 2.05) is 6.92 Å². The molecule has 1 aromatic heterocycles. The van der Waals surface area contributed by atoms with Crippen LogP contribution < -0.4 is 11.4 Å². The quantitative estimate of drug-likeness (QED) is 0.706. The average Bonchev–Trinajstić information content (AvgIpc) is 2.15. The molecule has 2 N–H and O–H groups in total. The van der Waals surface area contributed by atoms with Gasteiger partial charge in [0.05, 0.1) is 0 Å². The number of nitrogens with zero attached hydrogens (tertiary/aromatic N) is 2. The Bertz CT molecular complexity index is 319. The second kappa shape index (κ2) is 5.54. The molecule has 1 heterocycles. The Kier molecular flexibility index (Phi) is 4.32. The molecule has 1 aromatic rings. The maximum Gasteiger partial charge on any atom is 0.347 e. The van der Waals surface area contributed by atoms with E-state index < -0.39 is 0 Å². The van der Waals surface area contributed by atoms with E-state index in [-0.39, 0.29) is 11.7 Å². The summed E-state index contributed by atoms with van der Waals surface area (Å²) in [5, 5.41) is 0. The Morgan fingerprint density at radius 2 is 2.36 bits per heavy atom. The van der Waals surface area contributed by atoms with Crippen molar-refractivity contribution in [3.05, 3.63) is 28.9 Å². The number of rotatable bonds is 5. The first-order valence-electron chi connectivity index (χ1n) is 4.97. The minimum atomic E-state index is -0.173. The Labute approximate surface area is 83.8 Å². The van der Waals surface area contributed by atoms with E-state index in [4.69, 9.17) is 5.73 Å². The van der Waals surface area contributed by atoms with Gasteiger partial charge in [-0.2, -0.15) is 0 Å². The molecule has 0 bridgehead atoms. The molecule has 0 saturated heterocycles. The fourth-order valence-corrected chi connectivity index (χ4v) is 1.31. The van der Waals surface area contributed by atoms with Gasteiger partial charge in [0.1, 0.15) is 0 Å². The second-order valence-electron chi connectivity index (χ2n) is 3.57. The van der Waals surface area contributed by atoms with Crippen molar-refractivity contribution in [2.45, 2.75) is 38.8 Å². The molecule has 1 atom stereocenters. The van der Waals surface area contributed by atoms with Gasteiger partial charge in [-0.15, -0.1) is 0 Å². The lowest BCUT2D eigenvalue weighted by Gasteiger charge is -2.05. The van der Waals surface area contributed by atoms with Crippen molar-refractivity contribution in [1.29, 1.82) is 0 Å². The highest BCUT2D eigenvalue weighted by molar-refractivity contribution is 4.80. The molecular weight excluding hydrogens is 178 g/mol. The number of hydrogen-bond acceptors (Lipinski definition) is 3. The van der Waals surface area contributed by atoms with Gasteiger partial charge in [0.15, 0.2) is 0 Å². The third-order valence-electron chi connectivity index (χ3n) is 2.09. The van der Waals surface area contributed by atoms with Crippen LogP contribution in [0.1, 0.15) is 26.2 Å². The van der Waals surface area contributed by atoms with Gasteiger partial charge in [0.25, 0.3) is 0 Å². The molecule has 1 rings (SSSR count). The molecule has 0 spiro atoms. The molecule has 78 valence electrons. The molecule has 0 aliphatic carbocycles. The van der Waals surface area contributed by atoms with E-state index in [1.54, 1.807) is 16.8 Å². The lowest BCUT2D eigenvalue weighted by molar-refractivity contribution is 0.536. The summed E-state index contributed by atoms with van der Waals surface area (Å²) in [4.78, 5) is 14.9. The van der Waals surface area contributed by atoms with Crippen molar-refractivity contribution in [1.82, 2.24) is 9.55 Å². The molecule has 14 heavy (non-hydrogen) atoms. The molecule has 0 saturated carbocycles. The van der Waals surface area contributed by atoms with Gasteiger partial charge in [0.2, 0.25) is 0 Å². The number of nitrogens with two attached hydrogens (primary N) is 1. The van der Waals surface area contributed by atoms with E-state index >= 15 is 0 Å². The second-order valence-corrected chi connectivity index (χ2v) is 3.57. The van der Waals surface area contributed by atoms with Gasteiger partial charge in [-0.1, -0.05) is 6.42 Å². The third-order valence-corrected chi connectivity index (χ3v) is 2.09. The normalized spacial score (nSPS) is 12.7. The van der Waals surface area contributed by atoms with Crippen LogP contribution in [0.25, 0.3) is 0 Å². The van der Waals surface area contributed by atoms with Crippen molar-refractivity contribution >= 4 is 0 Å². The van der Waals surface area contributed by atoms with Crippen molar-refractivity contribution < 1.29 is 0 Å². The monoisotopic (exact) mass is 195 g/mol. The molecule has 4 nitrogen and oxygen atoms in total. The third kappa shape index (κ3) is 3.70. The highest BCUT2D eigenvalue weighted by Crippen LogP contribution is 1.99. The first kappa shape index (κ1) is 10.9. The first-order valence-corrected chi connectivity index (χ1v) is 4.97. The van der Waals surface area contributed by atoms with Crippen LogP contribution in [0.5, 0.6) is 0 Å². The van der Waals surface area contributed by atoms with Crippen LogP contribution in [-0.4, -0.2) is 15.6 Å². The zero-order valence-corrected chi connectivity index (χ0v) is 8.52. The topological polar surface area (TPSA) is 60.9 Å². The molecule has 0 aliphatic heterocycles. The zero-order chi connectivity index (χ0) is 10.4. The fraction of sp³-hybridized carbons (Fsp3) is 0.600. The van der Waals surface area contributed by atoms with Crippen LogP contribution in [0.4, 0.5) is 0 Å². The number of aryl methyl sites for hydroxylation is 1. The van der Waals surface area contributed by atoms with E-state index in [1.165, 1.54) is 6.20 Å². The summed E-state index contributed by atoms with van der Waals surface area (Å²) in [5.41, 5.74) is 5.45. The van der Waals surface area contributed by atoms with Crippen molar-refractivity contribution in [2.24, 2.45) is 5.73 Å². The standard InChI is InChI=1S/C10H17N3O/c1-9(11)5-2-3-7-13-8-4-6-12-10(13)14/h4,6,8-9H,2-3,5,7,11H2,1H3. The van der Waals surface area contributed by atoms with E-state index in [0.717, 1.165) is 25.8 Å². The lowest BCUT2D eigenvalue weighted by atomic mass is 10.1. The molecule has 0 amide bonds. The van der Waals surface area contributed by atoms with Crippen molar-refractivity contribution in [3.8, 4) is 0 Å². The Balaban J connectivity index is 2.32. The first-order chi connectivity index (χ1) is 6.70. The van der Waals surface area contributed by atoms with Gasteiger partial charge < -0.3 is 5.73 Å². The fourth-order valence-electron chi connectivity index (χ4n) is 1.31. The van der Waals surface area contributed by atoms with Crippen LogP contribution >= 0.6 is 0 Å². The highest BCUT2D eigenvalue weighted by Gasteiger charge is 1.96. The molecule has 0 fully saturated rings. The smallest absolute Gasteiger partial charge is 0.328 e. The number of hydrogen-bond donors (Lipinski definition) is 1. The highest BCUT2D eigenvalue weighted by atomic mass is 16.1. The maximum atomic E-state index is 11.2. The summed E-state index contributed by atoms with van der Waals surface area (Å²) >= 11 is 0. The molecule has 0 aromatic carbocycles. The minimum absolute atomic E-state index is 0.173. The van der Waals surface area contributed by atoms with Crippen LogP contribution in [0, 0.1) is 0 Å². The van der Waals surface area contributed by atoms with Gasteiger partial charge >= 0.3 is 5.69 Å². The van der Waals surface area contributed by atoms with Crippen LogP contribution in [-0.2, 0) is 6.54 Å². The minimum Gasteiger partial charge on any atom is -0.328 e. The molecule has 0 radical (unpaired) electrons. The summed E-state index contributed by atoms with van der Waals surface area (Å²) in [6, 6.07) is 2.02. The molecule has 4 heteroatoms. The zero-order valence-electron chi connectivity index (χ0n) is 8.52. The summed E-state index contributed by atoms with van der Waals surface area (Å²) < 4.78 is 1.63. The van der Waals surface area contributed by atoms with Crippen molar-refractivity contribution in [3.63, 3.8) is 0 Å². The average molecular weight is 195 g/mol. The van der Waals surface area contributed by atoms with E-state index in [2.05, 4.69) is 4.98 Å². The van der Waals surface area contributed by atoms with Crippen LogP contribution in [0.2, 0.25) is 0 Å². The largest absolute Gasteiger partial charge is 0.347 e. The van der Waals surface area contributed by atoms with Gasteiger partial charge in [-0.3, -0.25) is 4.57 Å². The number of unbranched alkanes of at least 4 members (excludes halogenated alkanes) is 1. The van der Waals surface area contributed by atoms with E-state index in [0.29, 0.717) is 0 Å². The Morgan fingerprint density at radius 1 is 1.57 bits per heavy atom. The van der Waals surface area contributed by atoms with Crippen LogP contribution in [0.15, 0.2) is 23.3 Å². The van der Waals surface area contributed by atoms with Gasteiger partial charge in [-0.25, -0.2) is 9.78 Å². The summed E-state index contributed by atoms with van der Waals surface area (Å²) in [6.45, 7) is 2.73. The summed E-state index contributed by atoms with van der Waals surface area (Å²) in [6.07, 6.45) is 6.32. The van der Waals surface area contributed by atoms with Gasteiger partial charge in [-0.05, 0) is 25.8 Å². The number of aromatic nitrogens is 2. The molecular formula is C10H17N3O. The van der Waals surface area contributed by atoms with Crippen molar-refractivity contribution in [2.75, 3.05) is 0 Å². The van der Waals surface area contributed by atoms with E-state index in [9.17, 15) is 4.79 Å². The SMILES string of the molecule is CC(N)CCCCn1cccnc1=O. The van der Waals surface area contributed by atoms with Crippen LogP contribution in [0.3, 0.4) is 0 Å². The predicted octanol–water partition coefficient (Wildman–Crippen LogP) is 0.761.